The number of hydrogen-bond acceptors (Lipinski definition) is 4. The first kappa shape index (κ1) is 19.9. The van der Waals surface area contributed by atoms with Gasteiger partial charge in [0.05, 0.1) is 19.3 Å². The average Bonchev–Trinajstić information content (AvgIpc) is 2.43. The maximum Gasteiger partial charge on any atom is 0.237 e. The van der Waals surface area contributed by atoms with Crippen LogP contribution in [0.2, 0.25) is 0 Å². The van der Waals surface area contributed by atoms with E-state index in [0.29, 0.717) is 26.2 Å². The van der Waals surface area contributed by atoms with Gasteiger partial charge in [-0.1, -0.05) is 30.3 Å². The van der Waals surface area contributed by atoms with Crippen LogP contribution in [0.25, 0.3) is 0 Å². The zero-order chi connectivity index (χ0) is 14.8. The molecular formula is C15H26ClN3O2. The van der Waals surface area contributed by atoms with Crippen LogP contribution >= 0.6 is 12.4 Å². The lowest BCUT2D eigenvalue weighted by Crippen LogP contribution is -2.43. The van der Waals surface area contributed by atoms with Crippen LogP contribution in [0.1, 0.15) is 5.56 Å². The Morgan fingerprint density at radius 2 is 1.95 bits per heavy atom. The number of carbonyl (C=O) groups excluding carboxylic acids is 1. The van der Waals surface area contributed by atoms with Crippen LogP contribution in [0.4, 0.5) is 0 Å². The van der Waals surface area contributed by atoms with E-state index in [0.717, 1.165) is 12.1 Å². The van der Waals surface area contributed by atoms with Crippen molar-refractivity contribution in [3.63, 3.8) is 0 Å². The second kappa shape index (κ2) is 11.5. The lowest BCUT2D eigenvalue weighted by atomic mass is 10.1. The second-order valence-electron chi connectivity index (χ2n) is 5.00. The Hall–Kier alpha value is -1.14. The SMILES string of the molecule is CN(C)CCOCCNC(=O)[C@@H](N)Cc1ccccc1.Cl. The Kier molecular flexibility index (Phi) is 10.9. The Labute approximate surface area is 133 Å². The highest BCUT2D eigenvalue weighted by Gasteiger charge is 2.13. The summed E-state index contributed by atoms with van der Waals surface area (Å²) in [6.45, 7) is 2.55. The normalized spacial score (nSPS) is 11.8. The van der Waals surface area contributed by atoms with Crippen molar-refractivity contribution in [1.29, 1.82) is 0 Å². The third kappa shape index (κ3) is 9.42. The highest BCUT2D eigenvalue weighted by Crippen LogP contribution is 2.01. The van der Waals surface area contributed by atoms with Gasteiger partial charge in [-0.3, -0.25) is 4.79 Å². The van der Waals surface area contributed by atoms with Crippen LogP contribution in [0, 0.1) is 0 Å². The Balaban J connectivity index is 0.00000400. The van der Waals surface area contributed by atoms with E-state index in [9.17, 15) is 4.79 Å². The number of carbonyl (C=O) groups is 1. The zero-order valence-corrected chi connectivity index (χ0v) is 13.6. The van der Waals surface area contributed by atoms with Gasteiger partial charge in [0.2, 0.25) is 5.91 Å². The van der Waals surface area contributed by atoms with Crippen molar-refractivity contribution in [2.24, 2.45) is 5.73 Å². The standard InChI is InChI=1S/C15H25N3O2.ClH/c1-18(2)9-11-20-10-8-17-15(19)14(16)12-13-6-4-3-5-7-13;/h3-7,14H,8-12,16H2,1-2H3,(H,17,19);1H/t14-;/m0./s1. The number of benzene rings is 1. The van der Waals surface area contributed by atoms with E-state index in [1.54, 1.807) is 0 Å². The van der Waals surface area contributed by atoms with E-state index in [1.807, 2.05) is 49.3 Å². The first-order valence-electron chi connectivity index (χ1n) is 6.89. The molecule has 1 amide bonds. The molecule has 120 valence electrons. The number of rotatable bonds is 9. The van der Waals surface area contributed by atoms with Crippen molar-refractivity contribution >= 4 is 18.3 Å². The monoisotopic (exact) mass is 315 g/mol. The lowest BCUT2D eigenvalue weighted by Gasteiger charge is -2.13. The summed E-state index contributed by atoms with van der Waals surface area (Å²) in [5.41, 5.74) is 6.94. The average molecular weight is 316 g/mol. The third-order valence-corrected chi connectivity index (χ3v) is 2.86. The van der Waals surface area contributed by atoms with Crippen LogP contribution in [0.5, 0.6) is 0 Å². The molecule has 0 bridgehead atoms. The number of likely N-dealkylation sites (N-methyl/N-ethyl adjacent to an activating group) is 1. The fourth-order valence-electron chi connectivity index (χ4n) is 1.69. The number of nitrogens with zero attached hydrogens (tertiary/aromatic N) is 1. The quantitative estimate of drug-likeness (QED) is 0.657. The molecule has 6 heteroatoms. The number of halogens is 1. The van der Waals surface area contributed by atoms with Crippen LogP contribution in [-0.4, -0.2) is 57.2 Å². The number of amides is 1. The smallest absolute Gasteiger partial charge is 0.237 e. The van der Waals surface area contributed by atoms with Gasteiger partial charge in [0.15, 0.2) is 0 Å². The molecule has 5 nitrogen and oxygen atoms in total. The topological polar surface area (TPSA) is 67.6 Å². The van der Waals surface area contributed by atoms with Gasteiger partial charge in [-0.05, 0) is 26.1 Å². The molecule has 0 saturated heterocycles. The molecule has 0 aliphatic rings. The number of nitrogens with one attached hydrogen (secondary N) is 1. The van der Waals surface area contributed by atoms with Crippen molar-refractivity contribution in [1.82, 2.24) is 10.2 Å². The Morgan fingerprint density at radius 1 is 1.29 bits per heavy atom. The summed E-state index contributed by atoms with van der Waals surface area (Å²) in [7, 11) is 3.99. The predicted molar refractivity (Wildman–Crippen MR) is 87.8 cm³/mol. The van der Waals surface area contributed by atoms with Gasteiger partial charge in [-0.15, -0.1) is 12.4 Å². The van der Waals surface area contributed by atoms with Crippen molar-refractivity contribution in [2.45, 2.75) is 12.5 Å². The minimum atomic E-state index is -0.515. The minimum Gasteiger partial charge on any atom is -0.378 e. The predicted octanol–water partition coefficient (Wildman–Crippen LogP) is 0.673. The number of hydrogen-bond donors (Lipinski definition) is 2. The summed E-state index contributed by atoms with van der Waals surface area (Å²) in [6, 6.07) is 9.26. The molecule has 0 fully saturated rings. The highest BCUT2D eigenvalue weighted by molar-refractivity contribution is 5.85. The first-order chi connectivity index (χ1) is 9.59. The molecule has 0 aromatic heterocycles. The van der Waals surface area contributed by atoms with E-state index >= 15 is 0 Å². The molecule has 21 heavy (non-hydrogen) atoms. The van der Waals surface area contributed by atoms with E-state index in [1.165, 1.54) is 0 Å². The summed E-state index contributed by atoms with van der Waals surface area (Å²) in [4.78, 5) is 13.8. The first-order valence-corrected chi connectivity index (χ1v) is 6.89. The fraction of sp³-hybridized carbons (Fsp3) is 0.533. The molecule has 3 N–H and O–H groups in total. The van der Waals surface area contributed by atoms with Crippen molar-refractivity contribution in [2.75, 3.05) is 40.4 Å². The molecule has 0 unspecified atom stereocenters. The second-order valence-corrected chi connectivity index (χ2v) is 5.00. The summed E-state index contributed by atoms with van der Waals surface area (Å²) in [5.74, 6) is -0.134. The summed E-state index contributed by atoms with van der Waals surface area (Å²) in [5, 5.41) is 2.79. The Bertz CT molecular complexity index is 388. The number of ether oxygens (including phenoxy) is 1. The van der Waals surface area contributed by atoms with E-state index in [2.05, 4.69) is 5.32 Å². The zero-order valence-electron chi connectivity index (χ0n) is 12.7. The molecule has 1 aromatic rings. The molecule has 0 aliphatic carbocycles. The van der Waals surface area contributed by atoms with E-state index < -0.39 is 6.04 Å². The van der Waals surface area contributed by atoms with Crippen molar-refractivity contribution in [3.05, 3.63) is 35.9 Å². The van der Waals surface area contributed by atoms with Gasteiger partial charge < -0.3 is 20.7 Å². The van der Waals surface area contributed by atoms with Crippen molar-refractivity contribution in [3.8, 4) is 0 Å². The molecule has 0 aliphatic heterocycles. The third-order valence-electron chi connectivity index (χ3n) is 2.86. The van der Waals surface area contributed by atoms with E-state index in [4.69, 9.17) is 10.5 Å². The molecule has 0 saturated carbocycles. The lowest BCUT2D eigenvalue weighted by molar-refractivity contribution is -0.122. The maximum absolute atomic E-state index is 11.8. The van der Waals surface area contributed by atoms with Crippen LogP contribution in [0.3, 0.4) is 0 Å². The molecule has 0 radical (unpaired) electrons. The van der Waals surface area contributed by atoms with Gasteiger partial charge >= 0.3 is 0 Å². The highest BCUT2D eigenvalue weighted by atomic mass is 35.5. The molecule has 0 heterocycles. The number of nitrogens with two attached hydrogens (primary N) is 1. The van der Waals surface area contributed by atoms with Gasteiger partial charge in [-0.25, -0.2) is 0 Å². The van der Waals surface area contributed by atoms with Gasteiger partial charge in [-0.2, -0.15) is 0 Å². The minimum absolute atomic E-state index is 0. The maximum atomic E-state index is 11.8. The van der Waals surface area contributed by atoms with Crippen molar-refractivity contribution < 1.29 is 9.53 Å². The van der Waals surface area contributed by atoms with Gasteiger partial charge in [0.1, 0.15) is 0 Å². The fourth-order valence-corrected chi connectivity index (χ4v) is 1.69. The molecule has 1 atom stereocenters. The van der Waals surface area contributed by atoms with Gasteiger partial charge in [0, 0.05) is 13.1 Å². The summed E-state index contributed by atoms with van der Waals surface area (Å²) < 4.78 is 5.40. The van der Waals surface area contributed by atoms with Gasteiger partial charge in [0.25, 0.3) is 0 Å². The molecule has 1 rings (SSSR count). The van der Waals surface area contributed by atoms with Crippen LogP contribution < -0.4 is 11.1 Å². The molecule has 1 aromatic carbocycles. The summed E-state index contributed by atoms with van der Waals surface area (Å²) >= 11 is 0. The van der Waals surface area contributed by atoms with E-state index in [-0.39, 0.29) is 18.3 Å². The largest absolute Gasteiger partial charge is 0.378 e. The summed E-state index contributed by atoms with van der Waals surface area (Å²) in [6.07, 6.45) is 0.550. The van der Waals surface area contributed by atoms with Crippen LogP contribution in [0.15, 0.2) is 30.3 Å². The molecular weight excluding hydrogens is 290 g/mol. The molecule has 0 spiro atoms. The van der Waals surface area contributed by atoms with Crippen LogP contribution in [-0.2, 0) is 16.0 Å². The Morgan fingerprint density at radius 3 is 2.57 bits per heavy atom.